The van der Waals surface area contributed by atoms with Gasteiger partial charge in [0.25, 0.3) is 0 Å². The van der Waals surface area contributed by atoms with Crippen LogP contribution in [0.15, 0.2) is 12.1 Å². The molecule has 2 rings (SSSR count). The normalized spacial score (nSPS) is 17.5. The lowest BCUT2D eigenvalue weighted by Crippen LogP contribution is -2.38. The molecule has 0 spiro atoms. The third-order valence-electron chi connectivity index (χ3n) is 4.20. The molecular weight excluding hydrogens is 240 g/mol. The Hall–Kier alpha value is -1.35. The Balaban J connectivity index is 2.41. The van der Waals surface area contributed by atoms with Gasteiger partial charge in [0.05, 0.1) is 7.11 Å². The number of hydrogen-bond acceptors (Lipinski definition) is 3. The monoisotopic (exact) mass is 262 g/mol. The molecule has 19 heavy (non-hydrogen) atoms. The highest BCUT2D eigenvalue weighted by Crippen LogP contribution is 2.37. The van der Waals surface area contributed by atoms with E-state index in [9.17, 15) is 4.79 Å². The van der Waals surface area contributed by atoms with Crippen LogP contribution in [0.3, 0.4) is 0 Å². The summed E-state index contributed by atoms with van der Waals surface area (Å²) in [6.45, 7) is 3.91. The summed E-state index contributed by atoms with van der Waals surface area (Å²) in [6, 6.07) is 3.86. The van der Waals surface area contributed by atoms with E-state index in [0.717, 1.165) is 48.1 Å². The first-order valence-corrected chi connectivity index (χ1v) is 6.79. The summed E-state index contributed by atoms with van der Waals surface area (Å²) < 4.78 is 10.9. The number of ether oxygens (including phenoxy) is 2. The van der Waals surface area contributed by atoms with Crippen LogP contribution in [0.2, 0.25) is 0 Å². The first-order valence-electron chi connectivity index (χ1n) is 6.79. The van der Waals surface area contributed by atoms with Crippen molar-refractivity contribution in [1.29, 1.82) is 0 Å². The maximum atomic E-state index is 12.8. The van der Waals surface area contributed by atoms with Crippen molar-refractivity contribution < 1.29 is 14.3 Å². The second-order valence-electron chi connectivity index (χ2n) is 5.37. The average molecular weight is 262 g/mol. The van der Waals surface area contributed by atoms with Crippen molar-refractivity contribution in [2.45, 2.75) is 45.1 Å². The number of ketones is 1. The van der Waals surface area contributed by atoms with Crippen molar-refractivity contribution in [1.82, 2.24) is 0 Å². The Bertz CT molecular complexity index is 485. The van der Waals surface area contributed by atoms with Gasteiger partial charge in [-0.1, -0.05) is 0 Å². The summed E-state index contributed by atoms with van der Waals surface area (Å²) in [4.78, 5) is 12.8. The quantitative estimate of drug-likeness (QED) is 0.780. The van der Waals surface area contributed by atoms with E-state index >= 15 is 0 Å². The molecule has 0 bridgehead atoms. The Morgan fingerprint density at radius 3 is 2.26 bits per heavy atom. The molecule has 0 saturated heterocycles. The minimum Gasteiger partial charge on any atom is -0.496 e. The molecule has 104 valence electrons. The van der Waals surface area contributed by atoms with Crippen LogP contribution >= 0.6 is 0 Å². The fraction of sp³-hybridized carbons (Fsp3) is 0.562. The van der Waals surface area contributed by atoms with Crippen LogP contribution in [0.5, 0.6) is 5.75 Å². The lowest BCUT2D eigenvalue weighted by atomic mass is 9.88. The molecule has 0 amide bonds. The van der Waals surface area contributed by atoms with Crippen molar-refractivity contribution in [2.75, 3.05) is 14.2 Å². The molecule has 0 aliphatic heterocycles. The molecule has 0 N–H and O–H groups in total. The SMILES string of the molecule is COc1cc(C)c(C(=O)C2(OC)CCCC2)cc1C. The Morgan fingerprint density at radius 2 is 1.74 bits per heavy atom. The second kappa shape index (κ2) is 5.33. The van der Waals surface area contributed by atoms with Gasteiger partial charge in [0.2, 0.25) is 0 Å². The third kappa shape index (κ3) is 2.39. The molecular formula is C16H22O3. The highest BCUT2D eigenvalue weighted by molar-refractivity contribution is 6.04. The highest BCUT2D eigenvalue weighted by atomic mass is 16.5. The van der Waals surface area contributed by atoms with Crippen molar-refractivity contribution in [3.05, 3.63) is 28.8 Å². The smallest absolute Gasteiger partial charge is 0.194 e. The maximum Gasteiger partial charge on any atom is 0.194 e. The van der Waals surface area contributed by atoms with Crippen molar-refractivity contribution >= 4 is 5.78 Å². The van der Waals surface area contributed by atoms with E-state index in [1.807, 2.05) is 26.0 Å². The Labute approximate surface area is 114 Å². The summed E-state index contributed by atoms with van der Waals surface area (Å²) >= 11 is 0. The van der Waals surface area contributed by atoms with Gasteiger partial charge in [0, 0.05) is 12.7 Å². The van der Waals surface area contributed by atoms with Gasteiger partial charge in [-0.05, 0) is 62.8 Å². The predicted octanol–water partition coefficient (Wildman–Crippen LogP) is 3.45. The maximum absolute atomic E-state index is 12.8. The summed E-state index contributed by atoms with van der Waals surface area (Å²) in [5.74, 6) is 0.947. The van der Waals surface area contributed by atoms with Gasteiger partial charge < -0.3 is 9.47 Å². The van der Waals surface area contributed by atoms with Crippen LogP contribution in [0.25, 0.3) is 0 Å². The molecule has 1 fully saturated rings. The standard InChI is InChI=1S/C16H22O3/c1-11-10-14(18-3)12(2)9-13(11)15(17)16(19-4)7-5-6-8-16/h9-10H,5-8H2,1-4H3. The van der Waals surface area contributed by atoms with Gasteiger partial charge in [0.1, 0.15) is 11.4 Å². The largest absolute Gasteiger partial charge is 0.496 e. The molecule has 3 nitrogen and oxygen atoms in total. The van der Waals surface area contributed by atoms with Gasteiger partial charge in [-0.3, -0.25) is 4.79 Å². The van der Waals surface area contributed by atoms with E-state index in [1.54, 1.807) is 14.2 Å². The van der Waals surface area contributed by atoms with Crippen LogP contribution in [0.1, 0.15) is 47.2 Å². The van der Waals surface area contributed by atoms with Gasteiger partial charge >= 0.3 is 0 Å². The topological polar surface area (TPSA) is 35.5 Å². The Kier molecular flexibility index (Phi) is 3.95. The van der Waals surface area contributed by atoms with Crippen LogP contribution < -0.4 is 4.74 Å². The molecule has 0 heterocycles. The van der Waals surface area contributed by atoms with E-state index in [4.69, 9.17) is 9.47 Å². The molecule has 0 radical (unpaired) electrons. The van der Waals surface area contributed by atoms with Crippen molar-refractivity contribution in [2.24, 2.45) is 0 Å². The van der Waals surface area contributed by atoms with E-state index < -0.39 is 5.60 Å². The lowest BCUT2D eigenvalue weighted by Gasteiger charge is -2.26. The number of Topliss-reactive ketones (excluding diaryl/α,β-unsaturated/α-hetero) is 1. The average Bonchev–Trinajstić information content (AvgIpc) is 2.90. The van der Waals surface area contributed by atoms with Gasteiger partial charge in [-0.2, -0.15) is 0 Å². The number of rotatable bonds is 4. The number of carbonyl (C=O) groups excluding carboxylic acids is 1. The molecule has 3 heteroatoms. The van der Waals surface area contributed by atoms with E-state index in [0.29, 0.717) is 0 Å². The fourth-order valence-electron chi connectivity index (χ4n) is 2.97. The predicted molar refractivity (Wildman–Crippen MR) is 75.0 cm³/mol. The van der Waals surface area contributed by atoms with Crippen LogP contribution in [0.4, 0.5) is 0 Å². The zero-order chi connectivity index (χ0) is 14.0. The zero-order valence-electron chi connectivity index (χ0n) is 12.2. The molecule has 0 unspecified atom stereocenters. The van der Waals surface area contributed by atoms with Gasteiger partial charge in [-0.25, -0.2) is 0 Å². The highest BCUT2D eigenvalue weighted by Gasteiger charge is 2.42. The van der Waals surface area contributed by atoms with E-state index in [2.05, 4.69) is 0 Å². The molecule has 1 aliphatic carbocycles. The number of methoxy groups -OCH3 is 2. The minimum atomic E-state index is -0.605. The molecule has 1 aromatic carbocycles. The summed E-state index contributed by atoms with van der Waals surface area (Å²) in [6.07, 6.45) is 3.78. The van der Waals surface area contributed by atoms with Crippen molar-refractivity contribution in [3.8, 4) is 5.75 Å². The summed E-state index contributed by atoms with van der Waals surface area (Å²) in [5, 5.41) is 0. The number of hydrogen-bond donors (Lipinski definition) is 0. The summed E-state index contributed by atoms with van der Waals surface area (Å²) in [5.41, 5.74) is 2.10. The third-order valence-corrected chi connectivity index (χ3v) is 4.20. The molecule has 0 atom stereocenters. The number of carbonyl (C=O) groups is 1. The zero-order valence-corrected chi connectivity index (χ0v) is 12.2. The molecule has 1 aromatic rings. The Morgan fingerprint density at radius 1 is 1.11 bits per heavy atom. The van der Waals surface area contributed by atoms with Crippen LogP contribution in [0, 0.1) is 13.8 Å². The van der Waals surface area contributed by atoms with Crippen LogP contribution in [-0.4, -0.2) is 25.6 Å². The fourth-order valence-corrected chi connectivity index (χ4v) is 2.97. The first-order chi connectivity index (χ1) is 9.04. The first kappa shape index (κ1) is 14.1. The van der Waals surface area contributed by atoms with Crippen molar-refractivity contribution in [3.63, 3.8) is 0 Å². The lowest BCUT2D eigenvalue weighted by molar-refractivity contribution is 0.00596. The van der Waals surface area contributed by atoms with E-state index in [-0.39, 0.29) is 5.78 Å². The summed E-state index contributed by atoms with van der Waals surface area (Å²) in [7, 11) is 3.30. The molecule has 1 saturated carbocycles. The van der Waals surface area contributed by atoms with Gasteiger partial charge in [0.15, 0.2) is 5.78 Å². The van der Waals surface area contributed by atoms with Gasteiger partial charge in [-0.15, -0.1) is 0 Å². The molecule has 0 aromatic heterocycles. The molecule has 1 aliphatic rings. The van der Waals surface area contributed by atoms with E-state index in [1.165, 1.54) is 0 Å². The van der Waals surface area contributed by atoms with Crippen LogP contribution in [-0.2, 0) is 4.74 Å². The second-order valence-corrected chi connectivity index (χ2v) is 5.37. The number of aryl methyl sites for hydroxylation is 2. The number of benzene rings is 1. The minimum absolute atomic E-state index is 0.121.